The van der Waals surface area contributed by atoms with E-state index >= 15 is 0 Å². The van der Waals surface area contributed by atoms with E-state index in [1.807, 2.05) is 40.6 Å². The minimum Gasteiger partial charge on any atom is -0.481 e. The molecule has 3 rings (SSSR count). The van der Waals surface area contributed by atoms with E-state index in [0.29, 0.717) is 18.7 Å². The number of hydrogen-bond donors (Lipinski definition) is 1. The van der Waals surface area contributed by atoms with Crippen molar-refractivity contribution >= 4 is 23.2 Å². The molecule has 1 fully saturated rings. The Kier molecular flexibility index (Phi) is 5.25. The van der Waals surface area contributed by atoms with E-state index < -0.39 is 5.97 Å². The van der Waals surface area contributed by atoms with Crippen LogP contribution >= 0.6 is 11.3 Å². The van der Waals surface area contributed by atoms with Crippen molar-refractivity contribution in [2.24, 2.45) is 5.92 Å². The molecule has 1 atom stereocenters. The van der Waals surface area contributed by atoms with Gasteiger partial charge < -0.3 is 10.0 Å². The summed E-state index contributed by atoms with van der Waals surface area (Å²) in [5.41, 5.74) is 1.50. The lowest BCUT2D eigenvalue weighted by Crippen LogP contribution is -2.40. The lowest BCUT2D eigenvalue weighted by molar-refractivity contribution is -0.137. The van der Waals surface area contributed by atoms with Crippen molar-refractivity contribution in [3.05, 3.63) is 41.4 Å². The van der Waals surface area contributed by atoms with Crippen LogP contribution in [0.4, 0.5) is 0 Å². The number of carboxylic acid groups (broad SMARTS) is 1. The first kappa shape index (κ1) is 16.6. The van der Waals surface area contributed by atoms with E-state index in [2.05, 4.69) is 4.98 Å². The summed E-state index contributed by atoms with van der Waals surface area (Å²) in [7, 11) is 0. The number of piperidine rings is 1. The van der Waals surface area contributed by atoms with Crippen LogP contribution in [0.5, 0.6) is 0 Å². The minimum atomic E-state index is -0.773. The van der Waals surface area contributed by atoms with E-state index in [4.69, 9.17) is 5.11 Å². The largest absolute Gasteiger partial charge is 0.481 e. The smallest absolute Gasteiger partial charge is 0.303 e. The summed E-state index contributed by atoms with van der Waals surface area (Å²) < 4.78 is 0. The number of hydrogen-bond acceptors (Lipinski definition) is 4. The van der Waals surface area contributed by atoms with Gasteiger partial charge in [0.25, 0.3) is 5.91 Å². The summed E-state index contributed by atoms with van der Waals surface area (Å²) in [5, 5.41) is 11.5. The lowest BCUT2D eigenvalue weighted by atomic mass is 9.93. The zero-order valence-electron chi connectivity index (χ0n) is 13.4. The third-order valence-corrected chi connectivity index (χ3v) is 5.21. The molecule has 1 aliphatic heterocycles. The van der Waals surface area contributed by atoms with Crippen molar-refractivity contribution in [1.82, 2.24) is 9.88 Å². The average Bonchev–Trinajstić information content (AvgIpc) is 3.10. The molecular weight excluding hydrogens is 324 g/mol. The van der Waals surface area contributed by atoms with Gasteiger partial charge in [0.15, 0.2) is 0 Å². The van der Waals surface area contributed by atoms with Gasteiger partial charge in [-0.15, -0.1) is 11.3 Å². The standard InChI is InChI=1S/C18H20N2O3S/c21-16(22)9-8-13-5-4-10-20(11-13)18(23)15-12-24-17(19-15)14-6-2-1-3-7-14/h1-3,6-7,12-13H,4-5,8-11H2,(H,21,22). The molecule has 1 amide bonds. The van der Waals surface area contributed by atoms with Crippen molar-refractivity contribution in [2.75, 3.05) is 13.1 Å². The van der Waals surface area contributed by atoms with Gasteiger partial charge in [0, 0.05) is 30.5 Å². The number of carboxylic acids is 1. The molecule has 6 heteroatoms. The number of aromatic nitrogens is 1. The monoisotopic (exact) mass is 344 g/mol. The molecule has 0 bridgehead atoms. The predicted molar refractivity (Wildman–Crippen MR) is 93.0 cm³/mol. The molecule has 0 spiro atoms. The van der Waals surface area contributed by atoms with Crippen LogP contribution in [0.15, 0.2) is 35.7 Å². The maximum Gasteiger partial charge on any atom is 0.303 e. The fourth-order valence-electron chi connectivity index (χ4n) is 3.06. The second kappa shape index (κ2) is 7.57. The molecule has 1 N–H and O–H groups in total. The highest BCUT2D eigenvalue weighted by Crippen LogP contribution is 2.26. The first-order valence-electron chi connectivity index (χ1n) is 8.15. The Morgan fingerprint density at radius 1 is 1.29 bits per heavy atom. The Bertz CT molecular complexity index is 714. The number of likely N-dealkylation sites (tertiary alicyclic amines) is 1. The Hall–Kier alpha value is -2.21. The van der Waals surface area contributed by atoms with Crippen LogP contribution in [0.1, 0.15) is 36.2 Å². The molecule has 24 heavy (non-hydrogen) atoms. The highest BCUT2D eigenvalue weighted by atomic mass is 32.1. The molecule has 1 aromatic carbocycles. The van der Waals surface area contributed by atoms with Gasteiger partial charge in [-0.05, 0) is 25.2 Å². The van der Waals surface area contributed by atoms with Gasteiger partial charge in [0.05, 0.1) is 0 Å². The first-order chi connectivity index (χ1) is 11.6. The Labute approximate surface area is 145 Å². The molecule has 1 saturated heterocycles. The molecule has 1 aliphatic rings. The molecule has 0 aliphatic carbocycles. The average molecular weight is 344 g/mol. The van der Waals surface area contributed by atoms with Crippen LogP contribution in [-0.2, 0) is 4.79 Å². The van der Waals surface area contributed by atoms with Crippen molar-refractivity contribution in [3.63, 3.8) is 0 Å². The van der Waals surface area contributed by atoms with Gasteiger partial charge >= 0.3 is 5.97 Å². The second-order valence-electron chi connectivity index (χ2n) is 6.10. The van der Waals surface area contributed by atoms with Crippen molar-refractivity contribution in [2.45, 2.75) is 25.7 Å². The third kappa shape index (κ3) is 4.00. The minimum absolute atomic E-state index is 0.0477. The van der Waals surface area contributed by atoms with E-state index in [-0.39, 0.29) is 18.2 Å². The first-order valence-corrected chi connectivity index (χ1v) is 9.03. The van der Waals surface area contributed by atoms with Crippen LogP contribution in [0.2, 0.25) is 0 Å². The molecule has 2 heterocycles. The number of nitrogens with zero attached hydrogens (tertiary/aromatic N) is 2. The van der Waals surface area contributed by atoms with Gasteiger partial charge in [-0.3, -0.25) is 9.59 Å². The molecule has 0 saturated carbocycles. The van der Waals surface area contributed by atoms with Gasteiger partial charge in [0.1, 0.15) is 10.7 Å². The Morgan fingerprint density at radius 2 is 2.08 bits per heavy atom. The summed E-state index contributed by atoms with van der Waals surface area (Å²) >= 11 is 1.47. The van der Waals surface area contributed by atoms with Gasteiger partial charge in [-0.25, -0.2) is 4.98 Å². The fourth-order valence-corrected chi connectivity index (χ4v) is 3.86. The zero-order valence-corrected chi connectivity index (χ0v) is 14.2. The third-order valence-electron chi connectivity index (χ3n) is 4.32. The SMILES string of the molecule is O=C(O)CCC1CCCN(C(=O)c2csc(-c3ccccc3)n2)C1. The number of carbonyl (C=O) groups excluding carboxylic acids is 1. The zero-order chi connectivity index (χ0) is 16.9. The molecule has 1 aromatic heterocycles. The van der Waals surface area contributed by atoms with Crippen molar-refractivity contribution in [3.8, 4) is 10.6 Å². The molecule has 1 unspecified atom stereocenters. The second-order valence-corrected chi connectivity index (χ2v) is 6.95. The Balaban J connectivity index is 1.66. The van der Waals surface area contributed by atoms with Gasteiger partial charge in [-0.1, -0.05) is 30.3 Å². The van der Waals surface area contributed by atoms with Crippen LogP contribution in [-0.4, -0.2) is 40.0 Å². The van der Waals surface area contributed by atoms with Crippen LogP contribution in [0.25, 0.3) is 10.6 Å². The summed E-state index contributed by atoms with van der Waals surface area (Å²) in [4.78, 5) is 29.7. The van der Waals surface area contributed by atoms with E-state index in [1.54, 1.807) is 0 Å². The van der Waals surface area contributed by atoms with E-state index in [1.165, 1.54) is 11.3 Å². The van der Waals surface area contributed by atoms with Crippen molar-refractivity contribution in [1.29, 1.82) is 0 Å². The fraction of sp³-hybridized carbons (Fsp3) is 0.389. The number of carbonyl (C=O) groups is 2. The maximum atomic E-state index is 12.7. The summed E-state index contributed by atoms with van der Waals surface area (Å²) in [5.74, 6) is -0.551. The highest BCUT2D eigenvalue weighted by Gasteiger charge is 2.26. The van der Waals surface area contributed by atoms with Gasteiger partial charge in [0.2, 0.25) is 0 Å². The van der Waals surface area contributed by atoms with Crippen molar-refractivity contribution < 1.29 is 14.7 Å². The van der Waals surface area contributed by atoms with Crippen LogP contribution in [0, 0.1) is 5.92 Å². The van der Waals surface area contributed by atoms with E-state index in [9.17, 15) is 9.59 Å². The lowest BCUT2D eigenvalue weighted by Gasteiger charge is -2.32. The normalized spacial score (nSPS) is 17.7. The number of rotatable bonds is 5. The maximum absolute atomic E-state index is 12.7. The number of benzene rings is 1. The Morgan fingerprint density at radius 3 is 2.83 bits per heavy atom. The molecule has 5 nitrogen and oxygen atoms in total. The quantitative estimate of drug-likeness (QED) is 0.901. The van der Waals surface area contributed by atoms with Crippen LogP contribution < -0.4 is 0 Å². The molecule has 0 radical (unpaired) electrons. The number of aliphatic carboxylic acids is 1. The molecule has 2 aromatic rings. The topological polar surface area (TPSA) is 70.5 Å². The molecule has 126 valence electrons. The van der Waals surface area contributed by atoms with Crippen LogP contribution in [0.3, 0.4) is 0 Å². The predicted octanol–water partition coefficient (Wildman–Crippen LogP) is 3.53. The number of thiazole rings is 1. The highest BCUT2D eigenvalue weighted by molar-refractivity contribution is 7.13. The molecular formula is C18H20N2O3S. The number of amides is 1. The van der Waals surface area contributed by atoms with Gasteiger partial charge in [-0.2, -0.15) is 0 Å². The summed E-state index contributed by atoms with van der Waals surface area (Å²) in [6.07, 6.45) is 2.71. The van der Waals surface area contributed by atoms with E-state index in [0.717, 1.165) is 30.0 Å². The summed E-state index contributed by atoms with van der Waals surface area (Å²) in [6, 6.07) is 9.83. The summed E-state index contributed by atoms with van der Waals surface area (Å²) in [6.45, 7) is 1.35.